The molecule has 1 aromatic heterocycles. The van der Waals surface area contributed by atoms with Crippen LogP contribution in [-0.2, 0) is 12.8 Å². The highest BCUT2D eigenvalue weighted by Gasteiger charge is 2.22. The largest absolute Gasteiger partial charge is 0.310 e. The Bertz CT molecular complexity index is 672. The molecule has 1 nitrogen and oxygen atoms in total. The Labute approximate surface area is 120 Å². The summed E-state index contributed by atoms with van der Waals surface area (Å²) in [4.78, 5) is 0. The van der Waals surface area contributed by atoms with E-state index in [1.807, 2.05) is 0 Å². The lowest BCUT2D eigenvalue weighted by Crippen LogP contribution is -2.02. The molecule has 0 N–H and O–H groups in total. The molecule has 0 atom stereocenters. The first kappa shape index (κ1) is 11.8. The summed E-state index contributed by atoms with van der Waals surface area (Å²) >= 11 is 0. The molecule has 0 amide bonds. The number of aryl methyl sites for hydroxylation is 1. The van der Waals surface area contributed by atoms with Gasteiger partial charge in [0.25, 0.3) is 0 Å². The maximum atomic E-state index is 2.44. The van der Waals surface area contributed by atoms with Gasteiger partial charge in [-0.2, -0.15) is 0 Å². The lowest BCUT2D eigenvalue weighted by molar-refractivity contribution is 0.922. The third-order valence-electron chi connectivity index (χ3n) is 4.43. The van der Waals surface area contributed by atoms with Crippen molar-refractivity contribution in [3.8, 4) is 5.69 Å². The van der Waals surface area contributed by atoms with Crippen LogP contribution in [0.25, 0.3) is 17.8 Å². The Morgan fingerprint density at radius 1 is 0.800 bits per heavy atom. The number of rotatable bonds is 1. The molecule has 2 aromatic rings. The van der Waals surface area contributed by atoms with Gasteiger partial charge in [0.2, 0.25) is 0 Å². The monoisotopic (exact) mass is 261 g/mol. The molecule has 1 heterocycles. The highest BCUT2D eigenvalue weighted by Crippen LogP contribution is 2.35. The number of nitrogens with zero attached hydrogens (tertiary/aromatic N) is 1. The number of aromatic nitrogens is 1. The van der Waals surface area contributed by atoms with Crippen LogP contribution < -0.4 is 0 Å². The zero-order chi connectivity index (χ0) is 13.5. The van der Waals surface area contributed by atoms with E-state index < -0.39 is 0 Å². The SMILES string of the molecule is Cc1ccc(-n2c3c(c4c2C=CCC4)CCC=C3)cc1. The maximum absolute atomic E-state index is 2.44. The summed E-state index contributed by atoms with van der Waals surface area (Å²) in [5.41, 5.74) is 8.55. The summed E-state index contributed by atoms with van der Waals surface area (Å²) in [6.07, 6.45) is 14.0. The van der Waals surface area contributed by atoms with E-state index >= 15 is 0 Å². The van der Waals surface area contributed by atoms with Gasteiger partial charge in [0.15, 0.2) is 0 Å². The van der Waals surface area contributed by atoms with Crippen LogP contribution in [-0.4, -0.2) is 4.57 Å². The van der Waals surface area contributed by atoms with E-state index in [0.717, 1.165) is 0 Å². The lowest BCUT2D eigenvalue weighted by Gasteiger charge is -2.13. The molecule has 4 rings (SSSR count). The van der Waals surface area contributed by atoms with Crippen molar-refractivity contribution >= 4 is 12.2 Å². The quantitative estimate of drug-likeness (QED) is 0.701. The van der Waals surface area contributed by atoms with Crippen LogP contribution in [0.15, 0.2) is 36.4 Å². The molecule has 1 heteroatoms. The molecule has 0 unspecified atom stereocenters. The van der Waals surface area contributed by atoms with Gasteiger partial charge in [-0.3, -0.25) is 0 Å². The van der Waals surface area contributed by atoms with Gasteiger partial charge in [0.1, 0.15) is 0 Å². The fourth-order valence-electron chi connectivity index (χ4n) is 3.43. The third kappa shape index (κ3) is 1.70. The van der Waals surface area contributed by atoms with Gasteiger partial charge in [-0.05, 0) is 68.0 Å². The second-order valence-electron chi connectivity index (χ2n) is 5.78. The van der Waals surface area contributed by atoms with Crippen molar-refractivity contribution < 1.29 is 0 Å². The van der Waals surface area contributed by atoms with Crippen LogP contribution in [0.4, 0.5) is 0 Å². The predicted octanol–water partition coefficient (Wildman–Crippen LogP) is 4.70. The predicted molar refractivity (Wildman–Crippen MR) is 85.2 cm³/mol. The van der Waals surface area contributed by atoms with Gasteiger partial charge in [-0.1, -0.05) is 29.8 Å². The topological polar surface area (TPSA) is 4.93 Å². The van der Waals surface area contributed by atoms with Crippen LogP contribution in [0.5, 0.6) is 0 Å². The highest BCUT2D eigenvalue weighted by molar-refractivity contribution is 5.69. The normalized spacial score (nSPS) is 16.1. The molecule has 20 heavy (non-hydrogen) atoms. The van der Waals surface area contributed by atoms with Gasteiger partial charge in [0.05, 0.1) is 0 Å². The molecule has 0 saturated heterocycles. The van der Waals surface area contributed by atoms with Crippen LogP contribution >= 0.6 is 0 Å². The standard InChI is InChI=1S/C19H19N/c1-14-10-12-15(13-11-14)20-18-8-4-2-6-16(18)17-7-3-5-9-19(17)20/h4-5,8-13H,2-3,6-7H2,1H3. The molecular weight excluding hydrogens is 242 g/mol. The van der Waals surface area contributed by atoms with Crippen molar-refractivity contribution in [2.24, 2.45) is 0 Å². The van der Waals surface area contributed by atoms with Crippen molar-refractivity contribution in [1.82, 2.24) is 4.57 Å². The maximum Gasteiger partial charge on any atom is 0.0494 e. The minimum atomic E-state index is 1.18. The van der Waals surface area contributed by atoms with E-state index in [9.17, 15) is 0 Å². The number of allylic oxidation sites excluding steroid dienone is 2. The Balaban J connectivity index is 2.00. The van der Waals surface area contributed by atoms with Crippen LogP contribution in [0.2, 0.25) is 0 Å². The van der Waals surface area contributed by atoms with Gasteiger partial charge in [-0.15, -0.1) is 0 Å². The van der Waals surface area contributed by atoms with Crippen molar-refractivity contribution in [1.29, 1.82) is 0 Å². The molecule has 1 aromatic carbocycles. The minimum absolute atomic E-state index is 1.18. The van der Waals surface area contributed by atoms with Crippen LogP contribution in [0.1, 0.15) is 40.9 Å². The Morgan fingerprint density at radius 3 is 1.90 bits per heavy atom. The molecular formula is C19H19N. The smallest absolute Gasteiger partial charge is 0.0494 e. The summed E-state index contributed by atoms with van der Waals surface area (Å²) in [6.45, 7) is 2.14. The van der Waals surface area contributed by atoms with Gasteiger partial charge < -0.3 is 4.57 Å². The third-order valence-corrected chi connectivity index (χ3v) is 4.43. The number of benzene rings is 1. The summed E-state index contributed by atoms with van der Waals surface area (Å²) in [7, 11) is 0. The van der Waals surface area contributed by atoms with Crippen molar-refractivity contribution in [2.45, 2.75) is 32.6 Å². The van der Waals surface area contributed by atoms with Crippen molar-refractivity contribution in [3.05, 3.63) is 64.5 Å². The first-order valence-electron chi connectivity index (χ1n) is 7.51. The summed E-state index contributed by atoms with van der Waals surface area (Å²) in [5, 5.41) is 0. The summed E-state index contributed by atoms with van der Waals surface area (Å²) in [5.74, 6) is 0. The Kier molecular flexibility index (Phi) is 2.66. The number of hydrogen-bond acceptors (Lipinski definition) is 0. The van der Waals surface area contributed by atoms with E-state index in [4.69, 9.17) is 0 Å². The fraction of sp³-hybridized carbons (Fsp3) is 0.263. The second kappa shape index (κ2) is 4.52. The van der Waals surface area contributed by atoms with Gasteiger partial charge >= 0.3 is 0 Å². The van der Waals surface area contributed by atoms with Crippen molar-refractivity contribution in [3.63, 3.8) is 0 Å². The van der Waals surface area contributed by atoms with E-state index in [-0.39, 0.29) is 0 Å². The Morgan fingerprint density at radius 2 is 1.35 bits per heavy atom. The molecule has 0 bridgehead atoms. The molecule has 0 saturated carbocycles. The van der Waals surface area contributed by atoms with E-state index in [0.29, 0.717) is 0 Å². The molecule has 100 valence electrons. The second-order valence-corrected chi connectivity index (χ2v) is 5.78. The van der Waals surface area contributed by atoms with Crippen LogP contribution in [0, 0.1) is 6.92 Å². The molecule has 2 aliphatic carbocycles. The first-order valence-corrected chi connectivity index (χ1v) is 7.51. The zero-order valence-electron chi connectivity index (χ0n) is 11.9. The van der Waals surface area contributed by atoms with Gasteiger partial charge in [0, 0.05) is 17.1 Å². The Hall–Kier alpha value is -2.02. The highest BCUT2D eigenvalue weighted by atomic mass is 15.0. The molecule has 2 aliphatic rings. The molecule has 0 radical (unpaired) electrons. The summed E-state index contributed by atoms with van der Waals surface area (Å²) < 4.78 is 2.44. The van der Waals surface area contributed by atoms with E-state index in [1.54, 1.807) is 11.1 Å². The summed E-state index contributed by atoms with van der Waals surface area (Å²) in [6, 6.07) is 8.88. The van der Waals surface area contributed by atoms with Crippen molar-refractivity contribution in [2.75, 3.05) is 0 Å². The molecule has 0 fully saturated rings. The first-order chi connectivity index (χ1) is 9.84. The average molecular weight is 261 g/mol. The number of fused-ring (bicyclic) bond motifs is 3. The van der Waals surface area contributed by atoms with Crippen LogP contribution in [0.3, 0.4) is 0 Å². The fourth-order valence-corrected chi connectivity index (χ4v) is 3.43. The number of hydrogen-bond donors (Lipinski definition) is 0. The van der Waals surface area contributed by atoms with Gasteiger partial charge in [-0.25, -0.2) is 0 Å². The van der Waals surface area contributed by atoms with E-state index in [2.05, 4.69) is 60.1 Å². The lowest BCUT2D eigenvalue weighted by atomic mass is 9.94. The zero-order valence-corrected chi connectivity index (χ0v) is 11.9. The molecule has 0 aliphatic heterocycles. The molecule has 0 spiro atoms. The van der Waals surface area contributed by atoms with E-state index in [1.165, 1.54) is 48.3 Å². The minimum Gasteiger partial charge on any atom is -0.310 e. The average Bonchev–Trinajstić information content (AvgIpc) is 2.83.